The minimum absolute atomic E-state index is 0.734. The monoisotopic (exact) mass is 281 g/mol. The molecule has 0 aliphatic carbocycles. The number of carbonyl (C=O) groups is 1. The van der Waals surface area contributed by atoms with Crippen molar-refractivity contribution in [1.29, 1.82) is 0 Å². The van der Waals surface area contributed by atoms with Gasteiger partial charge in [-0.2, -0.15) is 13.2 Å². The van der Waals surface area contributed by atoms with Crippen LogP contribution in [0.5, 0.6) is 0 Å². The Kier molecular flexibility index (Phi) is 5.98. The number of halogens is 3. The molecule has 0 radical (unpaired) electrons. The number of alkyl halides is 3. The average molecular weight is 281 g/mol. The number of ether oxygens (including phenoxy) is 1. The van der Waals surface area contributed by atoms with E-state index >= 15 is 0 Å². The molecule has 0 saturated heterocycles. The summed E-state index contributed by atoms with van der Waals surface area (Å²) < 4.78 is 42.4. The second-order valence-corrected chi connectivity index (χ2v) is 4.66. The van der Waals surface area contributed by atoms with Gasteiger partial charge in [-0.3, -0.25) is 5.32 Å². The van der Waals surface area contributed by atoms with Crippen LogP contribution in [0.1, 0.15) is 34.6 Å². The number of carbonyl (C=O) groups excluding carboxylic acids is 1. The first-order valence-electron chi connectivity index (χ1n) is 5.59. The molecule has 19 heavy (non-hydrogen) atoms. The van der Waals surface area contributed by atoms with Crippen LogP contribution in [-0.2, 0) is 4.74 Å². The van der Waals surface area contributed by atoms with Crippen molar-refractivity contribution in [2.75, 3.05) is 0 Å². The van der Waals surface area contributed by atoms with Crippen molar-refractivity contribution in [3.8, 4) is 0 Å². The number of hydrogen-bond acceptors (Lipinski definition) is 3. The third-order valence-electron chi connectivity index (χ3n) is 1.55. The molecule has 1 unspecified atom stereocenters. The van der Waals surface area contributed by atoms with Crippen molar-refractivity contribution in [3.05, 3.63) is 0 Å². The summed E-state index contributed by atoms with van der Waals surface area (Å²) in [7, 11) is 0. The van der Waals surface area contributed by atoms with E-state index in [-0.39, 0.29) is 0 Å². The van der Waals surface area contributed by atoms with E-state index in [9.17, 15) is 18.0 Å². The first-order chi connectivity index (χ1) is 8.45. The predicted molar refractivity (Wildman–Crippen MR) is 66.5 cm³/mol. The van der Waals surface area contributed by atoms with Gasteiger partial charge in [-0.25, -0.2) is 14.8 Å². The highest BCUT2D eigenvalue weighted by Gasteiger charge is 2.36. The van der Waals surface area contributed by atoms with Crippen LogP contribution in [0.4, 0.5) is 18.0 Å². The lowest BCUT2D eigenvalue weighted by molar-refractivity contribution is -0.0601. The largest absolute Gasteiger partial charge is 0.451 e. The first-order valence-corrected chi connectivity index (χ1v) is 5.59. The molecule has 0 aromatic rings. The Bertz CT molecular complexity index is 370. The van der Waals surface area contributed by atoms with Crippen LogP contribution in [0.3, 0.4) is 0 Å². The van der Waals surface area contributed by atoms with E-state index in [2.05, 4.69) is 15.3 Å². The molecule has 1 atom stereocenters. The zero-order valence-corrected chi connectivity index (χ0v) is 11.5. The number of nitrogens with zero attached hydrogens (tertiary/aromatic N) is 2. The normalized spacial score (nSPS) is 15.5. The maximum atomic E-state index is 12.5. The van der Waals surface area contributed by atoms with Gasteiger partial charge in [-0.05, 0) is 34.6 Å². The number of nitrogens with one attached hydrogen (secondary N) is 1. The average Bonchev–Trinajstić information content (AvgIpc) is 2.11. The SMILES string of the molecule is CC=NC(=NC(C)NC(=O)OC(C)(C)C)C(F)(F)F. The van der Waals surface area contributed by atoms with Crippen LogP contribution >= 0.6 is 0 Å². The van der Waals surface area contributed by atoms with Crippen LogP contribution in [0.25, 0.3) is 0 Å². The fourth-order valence-electron chi connectivity index (χ4n) is 0.996. The van der Waals surface area contributed by atoms with Gasteiger partial charge in [0.1, 0.15) is 11.8 Å². The minimum atomic E-state index is -4.67. The molecule has 0 aliphatic heterocycles. The van der Waals surface area contributed by atoms with E-state index < -0.39 is 29.9 Å². The van der Waals surface area contributed by atoms with Gasteiger partial charge >= 0.3 is 12.3 Å². The van der Waals surface area contributed by atoms with Gasteiger partial charge in [-0.1, -0.05) is 0 Å². The number of alkyl carbamates (subject to hydrolysis) is 1. The lowest BCUT2D eigenvalue weighted by atomic mass is 10.2. The maximum Gasteiger partial charge on any atom is 0.451 e. The molecule has 110 valence electrons. The molecule has 0 heterocycles. The molecule has 0 saturated carbocycles. The molecule has 0 fully saturated rings. The van der Waals surface area contributed by atoms with Crippen molar-refractivity contribution in [1.82, 2.24) is 5.32 Å². The topological polar surface area (TPSA) is 63.0 Å². The Balaban J connectivity index is 4.74. The summed E-state index contributed by atoms with van der Waals surface area (Å²) in [6, 6.07) is 0. The maximum absolute atomic E-state index is 12.5. The second kappa shape index (κ2) is 6.53. The van der Waals surface area contributed by atoms with Crippen molar-refractivity contribution in [2.24, 2.45) is 9.98 Å². The summed E-state index contributed by atoms with van der Waals surface area (Å²) in [4.78, 5) is 17.8. The Morgan fingerprint density at radius 1 is 1.32 bits per heavy atom. The van der Waals surface area contributed by atoms with Gasteiger partial charge in [0.15, 0.2) is 0 Å². The molecule has 5 nitrogen and oxygen atoms in total. The van der Waals surface area contributed by atoms with Gasteiger partial charge < -0.3 is 4.74 Å². The van der Waals surface area contributed by atoms with Crippen molar-refractivity contribution >= 4 is 18.1 Å². The first kappa shape index (κ1) is 17.4. The predicted octanol–water partition coefficient (Wildman–Crippen LogP) is 2.91. The number of amidine groups is 1. The molecule has 8 heteroatoms. The molecule has 0 spiro atoms. The number of aliphatic imine (C=N–C) groups is 2. The Morgan fingerprint density at radius 3 is 2.21 bits per heavy atom. The van der Waals surface area contributed by atoms with Crippen LogP contribution < -0.4 is 5.32 Å². The Hall–Kier alpha value is -1.60. The van der Waals surface area contributed by atoms with Crippen molar-refractivity contribution < 1.29 is 22.7 Å². The minimum Gasteiger partial charge on any atom is -0.444 e. The molecule has 0 aliphatic rings. The van der Waals surface area contributed by atoms with E-state index in [4.69, 9.17) is 4.74 Å². The summed E-state index contributed by atoms with van der Waals surface area (Å²) in [6.07, 6.45) is -5.64. The molecule has 0 aromatic heterocycles. The summed E-state index contributed by atoms with van der Waals surface area (Å²) in [5.74, 6) is -1.31. The lowest BCUT2D eigenvalue weighted by Gasteiger charge is -2.21. The molecular weight excluding hydrogens is 263 g/mol. The molecule has 1 amide bonds. The van der Waals surface area contributed by atoms with Crippen molar-refractivity contribution in [3.63, 3.8) is 0 Å². The highest BCUT2D eigenvalue weighted by molar-refractivity contribution is 5.93. The van der Waals surface area contributed by atoms with Gasteiger partial charge in [0, 0.05) is 6.21 Å². The quantitative estimate of drug-likeness (QED) is 0.625. The third-order valence-corrected chi connectivity index (χ3v) is 1.55. The van der Waals surface area contributed by atoms with Gasteiger partial charge in [0.2, 0.25) is 5.84 Å². The molecule has 0 bridgehead atoms. The van der Waals surface area contributed by atoms with Gasteiger partial charge in [-0.15, -0.1) is 0 Å². The number of rotatable bonds is 2. The van der Waals surface area contributed by atoms with E-state index in [0.717, 1.165) is 6.21 Å². The van der Waals surface area contributed by atoms with E-state index in [1.807, 2.05) is 0 Å². The zero-order valence-electron chi connectivity index (χ0n) is 11.5. The molecule has 1 N–H and O–H groups in total. The lowest BCUT2D eigenvalue weighted by Crippen LogP contribution is -2.38. The molecule has 0 aromatic carbocycles. The van der Waals surface area contributed by atoms with E-state index in [1.165, 1.54) is 13.8 Å². The standard InChI is InChI=1S/C11H18F3N3O2/c1-6-15-8(11(12,13)14)16-7(2)17-9(18)19-10(3,4)5/h6-7H,1-5H3,(H,17,18). The highest BCUT2D eigenvalue weighted by Crippen LogP contribution is 2.18. The zero-order chi connectivity index (χ0) is 15.3. The van der Waals surface area contributed by atoms with Crippen molar-refractivity contribution in [2.45, 2.75) is 52.6 Å². The van der Waals surface area contributed by atoms with Crippen LogP contribution in [0, 0.1) is 0 Å². The van der Waals surface area contributed by atoms with Crippen LogP contribution in [0.2, 0.25) is 0 Å². The summed E-state index contributed by atoms with van der Waals surface area (Å²) >= 11 is 0. The molecular formula is C11H18F3N3O2. The van der Waals surface area contributed by atoms with E-state index in [0.29, 0.717) is 0 Å². The Labute approximate surface area is 110 Å². The number of amides is 1. The second-order valence-electron chi connectivity index (χ2n) is 4.66. The highest BCUT2D eigenvalue weighted by atomic mass is 19.4. The smallest absolute Gasteiger partial charge is 0.444 e. The Morgan fingerprint density at radius 2 is 1.84 bits per heavy atom. The van der Waals surface area contributed by atoms with Gasteiger partial charge in [0.05, 0.1) is 0 Å². The molecule has 0 rings (SSSR count). The summed E-state index contributed by atoms with van der Waals surface area (Å²) in [5.41, 5.74) is -0.734. The number of hydrogen-bond donors (Lipinski definition) is 1. The van der Waals surface area contributed by atoms with Gasteiger partial charge in [0.25, 0.3) is 0 Å². The fourth-order valence-corrected chi connectivity index (χ4v) is 0.996. The summed E-state index contributed by atoms with van der Waals surface area (Å²) in [5, 5.41) is 2.17. The van der Waals surface area contributed by atoms with Crippen LogP contribution in [-0.4, -0.2) is 36.1 Å². The van der Waals surface area contributed by atoms with Crippen LogP contribution in [0.15, 0.2) is 9.98 Å². The van der Waals surface area contributed by atoms with E-state index in [1.54, 1.807) is 20.8 Å². The summed E-state index contributed by atoms with van der Waals surface area (Å²) in [6.45, 7) is 7.56. The fraction of sp³-hybridized carbons (Fsp3) is 0.727. The third kappa shape index (κ3) is 8.17.